The van der Waals surface area contributed by atoms with Crippen molar-refractivity contribution in [1.29, 1.82) is 0 Å². The van der Waals surface area contributed by atoms with Crippen LogP contribution in [0.15, 0.2) is 30.6 Å². The number of para-hydroxylation sites is 1. The molecule has 3 fully saturated rings. The Hall–Kier alpha value is -3.01. The number of nitrogens with zero attached hydrogens (tertiary/aromatic N) is 3. The molecule has 1 N–H and O–H groups in total. The Morgan fingerprint density at radius 2 is 1.91 bits per heavy atom. The zero-order valence-corrected chi connectivity index (χ0v) is 17.6. The molecule has 10 heteroatoms. The van der Waals surface area contributed by atoms with Crippen LogP contribution >= 0.6 is 0 Å². The molecule has 2 aromatic rings. The summed E-state index contributed by atoms with van der Waals surface area (Å²) in [5.41, 5.74) is -0.251. The van der Waals surface area contributed by atoms with E-state index in [1.165, 1.54) is 12.1 Å². The Labute approximate surface area is 183 Å². The molecule has 2 aliphatic heterocycles. The van der Waals surface area contributed by atoms with Gasteiger partial charge in [0.25, 0.3) is 5.88 Å². The maximum Gasteiger partial charge on any atom is 0.410 e. The van der Waals surface area contributed by atoms with Crippen LogP contribution in [0.3, 0.4) is 0 Å². The standard InChI is InChI=1S/C22H24F2N4O4/c1-22(6-7-22)32-21(29)28-8-13-10-30-11-14(9-28)18(13)31-20-17(24)19(25-12-26-20)27-16-5-3-2-4-15(16)23/h2-5,12-14,18H,6-11H2,1H3,(H,25,26,27). The third kappa shape index (κ3) is 4.19. The molecule has 2 unspecified atom stereocenters. The van der Waals surface area contributed by atoms with Crippen molar-refractivity contribution in [1.82, 2.24) is 14.9 Å². The molecule has 8 nitrogen and oxygen atoms in total. The molecule has 5 rings (SSSR count). The van der Waals surface area contributed by atoms with Crippen molar-refractivity contribution in [2.24, 2.45) is 11.8 Å². The molecule has 0 radical (unpaired) electrons. The number of anilines is 2. The molecule has 1 amide bonds. The maximum absolute atomic E-state index is 15.1. The van der Waals surface area contributed by atoms with E-state index >= 15 is 4.39 Å². The number of fused-ring (bicyclic) bond motifs is 2. The summed E-state index contributed by atoms with van der Waals surface area (Å²) in [5, 5.41) is 2.64. The highest BCUT2D eigenvalue weighted by molar-refractivity contribution is 5.68. The van der Waals surface area contributed by atoms with Gasteiger partial charge in [0.15, 0.2) is 5.82 Å². The van der Waals surface area contributed by atoms with Gasteiger partial charge in [-0.2, -0.15) is 9.37 Å². The van der Waals surface area contributed by atoms with Gasteiger partial charge in [-0.1, -0.05) is 12.1 Å². The predicted molar refractivity (Wildman–Crippen MR) is 110 cm³/mol. The van der Waals surface area contributed by atoms with Crippen LogP contribution in [-0.2, 0) is 9.47 Å². The quantitative estimate of drug-likeness (QED) is 0.752. The van der Waals surface area contributed by atoms with Gasteiger partial charge < -0.3 is 24.4 Å². The fraction of sp³-hybridized carbons (Fsp3) is 0.500. The van der Waals surface area contributed by atoms with Gasteiger partial charge in [-0.25, -0.2) is 14.2 Å². The van der Waals surface area contributed by atoms with E-state index in [0.29, 0.717) is 26.3 Å². The lowest BCUT2D eigenvalue weighted by atomic mass is 9.84. The summed E-state index contributed by atoms with van der Waals surface area (Å²) in [5.74, 6) is -2.04. The first-order valence-corrected chi connectivity index (χ1v) is 10.7. The molecule has 170 valence electrons. The number of nitrogens with one attached hydrogen (secondary N) is 1. The van der Waals surface area contributed by atoms with Crippen LogP contribution in [0.2, 0.25) is 0 Å². The van der Waals surface area contributed by atoms with Crippen LogP contribution in [0.4, 0.5) is 25.1 Å². The van der Waals surface area contributed by atoms with E-state index in [9.17, 15) is 9.18 Å². The molecule has 3 heterocycles. The Bertz CT molecular complexity index is 1010. The summed E-state index contributed by atoms with van der Waals surface area (Å²) in [4.78, 5) is 22.1. The van der Waals surface area contributed by atoms with Crippen LogP contribution in [-0.4, -0.2) is 59.0 Å². The van der Waals surface area contributed by atoms with Crippen molar-refractivity contribution in [2.45, 2.75) is 31.5 Å². The largest absolute Gasteiger partial charge is 0.471 e. The molecule has 2 saturated heterocycles. The highest BCUT2D eigenvalue weighted by Crippen LogP contribution is 2.40. The number of ether oxygens (including phenoxy) is 3. The maximum atomic E-state index is 15.1. The second-order valence-corrected chi connectivity index (χ2v) is 8.81. The van der Waals surface area contributed by atoms with Gasteiger partial charge >= 0.3 is 6.09 Å². The Kier molecular flexibility index (Phi) is 5.32. The van der Waals surface area contributed by atoms with Crippen molar-refractivity contribution < 1.29 is 27.8 Å². The van der Waals surface area contributed by atoms with E-state index in [1.807, 2.05) is 6.92 Å². The minimum absolute atomic E-state index is 0.0949. The first-order chi connectivity index (χ1) is 15.4. The third-order valence-electron chi connectivity index (χ3n) is 6.18. The number of aromatic nitrogens is 2. The van der Waals surface area contributed by atoms with E-state index in [4.69, 9.17) is 14.2 Å². The van der Waals surface area contributed by atoms with Crippen molar-refractivity contribution in [3.8, 4) is 5.88 Å². The van der Waals surface area contributed by atoms with Gasteiger partial charge in [-0.3, -0.25) is 0 Å². The average Bonchev–Trinajstić information content (AvgIpc) is 3.48. The lowest BCUT2D eigenvalue weighted by molar-refractivity contribution is -0.112. The summed E-state index contributed by atoms with van der Waals surface area (Å²) in [6.07, 6.45) is 2.21. The Morgan fingerprint density at radius 1 is 1.19 bits per heavy atom. The zero-order chi connectivity index (χ0) is 22.3. The molecule has 3 aliphatic rings. The molecule has 1 aromatic heterocycles. The summed E-state index contributed by atoms with van der Waals surface area (Å²) >= 11 is 0. The number of amides is 1. The molecular weight excluding hydrogens is 422 g/mol. The molecule has 32 heavy (non-hydrogen) atoms. The van der Waals surface area contributed by atoms with Gasteiger partial charge in [0.05, 0.1) is 18.9 Å². The predicted octanol–water partition coefficient (Wildman–Crippen LogP) is 3.51. The first kappa shape index (κ1) is 20.9. The molecule has 2 bridgehead atoms. The summed E-state index contributed by atoms with van der Waals surface area (Å²) < 4.78 is 46.2. The number of halogens is 2. The average molecular weight is 446 g/mol. The van der Waals surface area contributed by atoms with E-state index in [-0.39, 0.29) is 47.0 Å². The van der Waals surface area contributed by atoms with Gasteiger partial charge in [-0.15, -0.1) is 0 Å². The molecule has 2 atom stereocenters. The number of carbonyl (C=O) groups is 1. The van der Waals surface area contributed by atoms with Gasteiger partial charge in [-0.05, 0) is 31.9 Å². The fourth-order valence-corrected chi connectivity index (χ4v) is 4.14. The molecule has 0 spiro atoms. The molecule has 1 aliphatic carbocycles. The third-order valence-corrected chi connectivity index (χ3v) is 6.18. The monoisotopic (exact) mass is 446 g/mol. The van der Waals surface area contributed by atoms with E-state index in [0.717, 1.165) is 19.2 Å². The van der Waals surface area contributed by atoms with E-state index < -0.39 is 11.6 Å². The minimum atomic E-state index is -0.807. The Morgan fingerprint density at radius 3 is 2.59 bits per heavy atom. The first-order valence-electron chi connectivity index (χ1n) is 10.7. The summed E-state index contributed by atoms with van der Waals surface area (Å²) in [7, 11) is 0. The number of likely N-dealkylation sites (tertiary alicyclic amines) is 1. The number of carbonyl (C=O) groups excluding carboxylic acids is 1. The number of hydrogen-bond acceptors (Lipinski definition) is 7. The van der Waals surface area contributed by atoms with Crippen molar-refractivity contribution in [3.63, 3.8) is 0 Å². The summed E-state index contributed by atoms with van der Waals surface area (Å²) in [6, 6.07) is 5.92. The molecule has 1 saturated carbocycles. The van der Waals surface area contributed by atoms with Crippen molar-refractivity contribution in [3.05, 3.63) is 42.2 Å². The van der Waals surface area contributed by atoms with Gasteiger partial charge in [0, 0.05) is 24.9 Å². The van der Waals surface area contributed by atoms with Crippen LogP contribution < -0.4 is 10.1 Å². The normalized spacial score (nSPS) is 25.7. The Balaban J connectivity index is 1.30. The second kappa shape index (κ2) is 8.16. The van der Waals surface area contributed by atoms with Crippen molar-refractivity contribution >= 4 is 17.6 Å². The number of hydrogen-bond donors (Lipinski definition) is 1. The highest BCUT2D eigenvalue weighted by atomic mass is 19.1. The SMILES string of the molecule is CC1(OC(=O)N2CC3COCC(C2)C3Oc2ncnc(Nc3ccccc3F)c2F)CC1. The van der Waals surface area contributed by atoms with Gasteiger partial charge in [0.2, 0.25) is 5.82 Å². The van der Waals surface area contributed by atoms with E-state index in [2.05, 4.69) is 15.3 Å². The number of benzene rings is 1. The minimum Gasteiger partial charge on any atom is -0.471 e. The van der Waals surface area contributed by atoms with Crippen LogP contribution in [0.5, 0.6) is 5.88 Å². The summed E-state index contributed by atoms with van der Waals surface area (Å²) in [6.45, 7) is 3.48. The van der Waals surface area contributed by atoms with Crippen LogP contribution in [0, 0.1) is 23.5 Å². The smallest absolute Gasteiger partial charge is 0.410 e. The number of piperidine rings is 1. The lowest BCUT2D eigenvalue weighted by Gasteiger charge is -2.46. The van der Waals surface area contributed by atoms with Crippen molar-refractivity contribution in [2.75, 3.05) is 31.6 Å². The molecular formula is C22H24F2N4O4. The topological polar surface area (TPSA) is 85.8 Å². The van der Waals surface area contributed by atoms with Gasteiger partial charge in [0.1, 0.15) is 23.8 Å². The van der Waals surface area contributed by atoms with Crippen LogP contribution in [0.25, 0.3) is 0 Å². The van der Waals surface area contributed by atoms with Crippen LogP contribution in [0.1, 0.15) is 19.8 Å². The zero-order valence-electron chi connectivity index (χ0n) is 17.6. The molecule has 1 aromatic carbocycles. The number of rotatable bonds is 5. The fourth-order valence-electron chi connectivity index (χ4n) is 4.14. The van der Waals surface area contributed by atoms with E-state index in [1.54, 1.807) is 17.0 Å². The highest BCUT2D eigenvalue weighted by Gasteiger charge is 2.47. The lowest BCUT2D eigenvalue weighted by Crippen LogP contribution is -2.59. The second-order valence-electron chi connectivity index (χ2n) is 8.81.